The molecule has 8 rings (SSSR count). The smallest absolute Gasteiger partial charge is 0.319 e. The first-order valence-corrected chi connectivity index (χ1v) is 14.6. The first-order chi connectivity index (χ1) is 20.3. The van der Waals surface area contributed by atoms with Crippen LogP contribution in [0.4, 0.5) is 19.0 Å². The van der Waals surface area contributed by atoms with Gasteiger partial charge in [-0.25, -0.2) is 13.2 Å². The number of pyridine rings is 1. The number of phenols is 1. The Morgan fingerprint density at radius 3 is 2.86 bits per heavy atom. The standard InChI is InChI=1S/C31H31F3N6O2/c32-19-13-31(5-2-9-40(31)15-19)17-42-29-37-27-22(28(38-29)39-10-8-36-30(16-39)6-7-30)14-35-26(25(27)34)21-12-20(41)11-18-3-1-4-23(33)24(18)21/h1,3-4,11-12,14,19,36,41H,2,5-10,13,15-17H2/t19-,31+/m1/s1. The Morgan fingerprint density at radius 1 is 1.12 bits per heavy atom. The van der Waals surface area contributed by atoms with Gasteiger partial charge in [0.25, 0.3) is 0 Å². The van der Waals surface area contributed by atoms with Crippen LogP contribution in [0.15, 0.2) is 36.5 Å². The van der Waals surface area contributed by atoms with Gasteiger partial charge in [-0.15, -0.1) is 0 Å². The minimum atomic E-state index is -0.902. The number of anilines is 1. The fourth-order valence-corrected chi connectivity index (χ4v) is 7.34. The van der Waals surface area contributed by atoms with Gasteiger partial charge in [-0.05, 0) is 55.8 Å². The number of halogens is 3. The molecule has 0 unspecified atom stereocenters. The van der Waals surface area contributed by atoms with E-state index in [4.69, 9.17) is 9.72 Å². The molecule has 218 valence electrons. The Labute approximate surface area is 240 Å². The lowest BCUT2D eigenvalue weighted by Crippen LogP contribution is -2.52. The molecular weight excluding hydrogens is 545 g/mol. The minimum absolute atomic E-state index is 0.00628. The summed E-state index contributed by atoms with van der Waals surface area (Å²) in [5.41, 5.74) is -0.370. The lowest BCUT2D eigenvalue weighted by molar-refractivity contribution is 0.107. The molecule has 2 atom stereocenters. The normalized spacial score (nSPS) is 25.0. The number of nitrogens with zero attached hydrogens (tertiary/aromatic N) is 5. The fourth-order valence-electron chi connectivity index (χ4n) is 7.34. The van der Waals surface area contributed by atoms with E-state index in [2.05, 4.69) is 25.1 Å². The highest BCUT2D eigenvalue weighted by Crippen LogP contribution is 2.43. The van der Waals surface area contributed by atoms with E-state index in [9.17, 15) is 9.50 Å². The topological polar surface area (TPSA) is 86.6 Å². The number of fused-ring (bicyclic) bond motifs is 3. The monoisotopic (exact) mass is 576 g/mol. The predicted octanol–water partition coefficient (Wildman–Crippen LogP) is 4.73. The Hall–Kier alpha value is -3.70. The Kier molecular flexibility index (Phi) is 5.81. The number of benzene rings is 2. The second-order valence-electron chi connectivity index (χ2n) is 12.3. The van der Waals surface area contributed by atoms with Crippen molar-refractivity contribution in [2.75, 3.05) is 44.2 Å². The molecule has 0 bridgehead atoms. The molecule has 8 nitrogen and oxygen atoms in total. The van der Waals surface area contributed by atoms with Crippen LogP contribution in [0.3, 0.4) is 0 Å². The first-order valence-electron chi connectivity index (χ1n) is 14.6. The molecule has 4 aliphatic rings. The van der Waals surface area contributed by atoms with E-state index in [0.29, 0.717) is 42.6 Å². The van der Waals surface area contributed by atoms with Gasteiger partial charge < -0.3 is 20.1 Å². The molecule has 2 aromatic carbocycles. The third-order valence-electron chi connectivity index (χ3n) is 9.57. The molecule has 3 saturated heterocycles. The fraction of sp³-hybridized carbons (Fsp3) is 0.452. The average molecular weight is 577 g/mol. The van der Waals surface area contributed by atoms with Gasteiger partial charge in [0.15, 0.2) is 5.82 Å². The van der Waals surface area contributed by atoms with Gasteiger partial charge in [0, 0.05) is 55.3 Å². The van der Waals surface area contributed by atoms with Crippen LogP contribution in [0, 0.1) is 11.6 Å². The van der Waals surface area contributed by atoms with Crippen molar-refractivity contribution in [3.8, 4) is 23.0 Å². The van der Waals surface area contributed by atoms with Crippen LogP contribution in [0.5, 0.6) is 11.8 Å². The van der Waals surface area contributed by atoms with Gasteiger partial charge in [-0.2, -0.15) is 9.97 Å². The van der Waals surface area contributed by atoms with Crippen molar-refractivity contribution >= 4 is 27.5 Å². The molecule has 4 fully saturated rings. The summed E-state index contributed by atoms with van der Waals surface area (Å²) >= 11 is 0. The number of ether oxygens (including phenoxy) is 1. The maximum atomic E-state index is 16.5. The van der Waals surface area contributed by atoms with Gasteiger partial charge in [-0.3, -0.25) is 9.88 Å². The molecule has 1 spiro atoms. The third-order valence-corrected chi connectivity index (χ3v) is 9.57. The molecule has 3 aliphatic heterocycles. The second-order valence-corrected chi connectivity index (χ2v) is 12.3. The van der Waals surface area contributed by atoms with E-state index in [1.807, 2.05) is 0 Å². The van der Waals surface area contributed by atoms with Gasteiger partial charge in [0.2, 0.25) is 0 Å². The Balaban J connectivity index is 1.26. The van der Waals surface area contributed by atoms with E-state index >= 15 is 8.78 Å². The Morgan fingerprint density at radius 2 is 2.00 bits per heavy atom. The van der Waals surface area contributed by atoms with Crippen LogP contribution in [0.1, 0.15) is 32.1 Å². The molecule has 5 heterocycles. The third kappa shape index (κ3) is 4.16. The molecule has 2 N–H and O–H groups in total. The van der Waals surface area contributed by atoms with Crippen molar-refractivity contribution in [3.63, 3.8) is 0 Å². The summed E-state index contributed by atoms with van der Waals surface area (Å²) in [7, 11) is 0. The van der Waals surface area contributed by atoms with Crippen LogP contribution in [0.2, 0.25) is 0 Å². The highest BCUT2D eigenvalue weighted by atomic mass is 19.1. The number of hydrogen-bond donors (Lipinski definition) is 2. The zero-order valence-electron chi connectivity index (χ0n) is 23.0. The lowest BCUT2D eigenvalue weighted by atomic mass is 9.95. The molecular formula is C31H31F3N6O2. The molecule has 0 amide bonds. The number of alkyl halides is 1. The number of piperazine rings is 1. The maximum absolute atomic E-state index is 16.5. The lowest BCUT2D eigenvalue weighted by Gasteiger charge is -2.35. The van der Waals surface area contributed by atoms with Crippen molar-refractivity contribution in [1.82, 2.24) is 25.2 Å². The molecule has 11 heteroatoms. The summed E-state index contributed by atoms with van der Waals surface area (Å²) in [6.07, 6.45) is 4.94. The zero-order valence-corrected chi connectivity index (χ0v) is 23.0. The van der Waals surface area contributed by atoms with Gasteiger partial charge >= 0.3 is 6.01 Å². The van der Waals surface area contributed by atoms with Crippen molar-refractivity contribution in [3.05, 3.63) is 48.2 Å². The van der Waals surface area contributed by atoms with Crippen LogP contribution in [-0.2, 0) is 0 Å². The molecule has 1 aliphatic carbocycles. The number of phenolic OH excluding ortho intramolecular Hbond substituents is 1. The first kappa shape index (κ1) is 26.0. The van der Waals surface area contributed by atoms with E-state index in [1.54, 1.807) is 6.07 Å². The summed E-state index contributed by atoms with van der Waals surface area (Å²) in [5.74, 6) is -0.897. The Bertz CT molecular complexity index is 1730. The van der Waals surface area contributed by atoms with E-state index in [-0.39, 0.29) is 46.1 Å². The van der Waals surface area contributed by atoms with Crippen LogP contribution in [-0.4, -0.2) is 81.5 Å². The highest BCUT2D eigenvalue weighted by molar-refractivity contribution is 6.00. The molecule has 2 aromatic heterocycles. The maximum Gasteiger partial charge on any atom is 0.319 e. The molecule has 1 saturated carbocycles. The van der Waals surface area contributed by atoms with E-state index in [0.717, 1.165) is 38.8 Å². The summed E-state index contributed by atoms with van der Waals surface area (Å²) in [6, 6.07) is 7.25. The van der Waals surface area contributed by atoms with Gasteiger partial charge in [0.1, 0.15) is 41.4 Å². The number of aromatic nitrogens is 3. The van der Waals surface area contributed by atoms with Crippen molar-refractivity contribution < 1.29 is 23.0 Å². The summed E-state index contributed by atoms with van der Waals surface area (Å²) < 4.78 is 52.2. The largest absolute Gasteiger partial charge is 0.508 e. The van der Waals surface area contributed by atoms with Crippen LogP contribution in [0.25, 0.3) is 32.9 Å². The summed E-state index contributed by atoms with van der Waals surface area (Å²) in [4.78, 5) is 18.0. The number of hydrogen-bond acceptors (Lipinski definition) is 8. The zero-order chi connectivity index (χ0) is 28.6. The quantitative estimate of drug-likeness (QED) is 0.353. The molecule has 0 radical (unpaired) electrons. The van der Waals surface area contributed by atoms with E-state index in [1.165, 1.54) is 30.5 Å². The van der Waals surface area contributed by atoms with Gasteiger partial charge in [0.05, 0.1) is 10.9 Å². The molecule has 42 heavy (non-hydrogen) atoms. The highest BCUT2D eigenvalue weighted by Gasteiger charge is 2.50. The average Bonchev–Trinajstić information content (AvgIpc) is 3.47. The minimum Gasteiger partial charge on any atom is -0.508 e. The summed E-state index contributed by atoms with van der Waals surface area (Å²) in [5, 5.41) is 15.0. The molecule has 4 aromatic rings. The number of nitrogens with one attached hydrogen (secondary N) is 1. The number of aromatic hydroxyl groups is 1. The van der Waals surface area contributed by atoms with E-state index < -0.39 is 23.3 Å². The van der Waals surface area contributed by atoms with Gasteiger partial charge in [-0.1, -0.05) is 12.1 Å². The van der Waals surface area contributed by atoms with Crippen molar-refractivity contribution in [1.29, 1.82) is 0 Å². The summed E-state index contributed by atoms with van der Waals surface area (Å²) in [6.45, 7) is 3.58. The SMILES string of the molecule is Oc1cc(-c2ncc3c(N4CCNC5(CC5)C4)nc(OC[C@@]45CCCN4C[C@H](F)C5)nc3c2F)c2c(F)cccc2c1. The second kappa shape index (κ2) is 9.40. The number of rotatable bonds is 5. The van der Waals surface area contributed by atoms with Crippen molar-refractivity contribution in [2.45, 2.75) is 49.4 Å². The predicted molar refractivity (Wildman–Crippen MR) is 153 cm³/mol. The van der Waals surface area contributed by atoms with Crippen LogP contribution >= 0.6 is 0 Å². The van der Waals surface area contributed by atoms with Crippen LogP contribution < -0.4 is 15.0 Å². The van der Waals surface area contributed by atoms with Crippen molar-refractivity contribution in [2.24, 2.45) is 0 Å².